The molecule has 2 heterocycles. The molecule has 10 heteroatoms. The van der Waals surface area contributed by atoms with Gasteiger partial charge in [0.1, 0.15) is 11.5 Å². The number of carbonyl (C=O) groups is 1. The standard InChI is InChI=1S/C15H20N6O3S/c1-20(15(22)13-8-25-9-16-13)7-14-17-18-19-21(14)10-4-11(23-2)6-12(5-10)24-3/h4-6,13,16H,7-9H2,1-3H3. The van der Waals surface area contributed by atoms with Gasteiger partial charge in [-0.25, -0.2) is 0 Å². The SMILES string of the molecule is COc1cc(OC)cc(-n2nnnc2CN(C)C(=O)C2CSCN2)c1. The van der Waals surface area contributed by atoms with Gasteiger partial charge in [0, 0.05) is 36.9 Å². The lowest BCUT2D eigenvalue weighted by Gasteiger charge is -2.20. The molecule has 0 aliphatic carbocycles. The third-order valence-electron chi connectivity index (χ3n) is 3.88. The third kappa shape index (κ3) is 3.85. The van der Waals surface area contributed by atoms with Crippen molar-refractivity contribution in [2.45, 2.75) is 12.6 Å². The highest BCUT2D eigenvalue weighted by Gasteiger charge is 2.26. The molecule has 134 valence electrons. The first-order valence-electron chi connectivity index (χ1n) is 7.69. The van der Waals surface area contributed by atoms with Crippen LogP contribution in [0.1, 0.15) is 5.82 Å². The van der Waals surface area contributed by atoms with E-state index in [1.807, 2.05) is 0 Å². The van der Waals surface area contributed by atoms with Crippen molar-refractivity contribution in [3.8, 4) is 17.2 Å². The van der Waals surface area contributed by atoms with Crippen LogP contribution in [-0.2, 0) is 11.3 Å². The lowest BCUT2D eigenvalue weighted by molar-refractivity contribution is -0.132. The van der Waals surface area contributed by atoms with Crippen molar-refractivity contribution in [3.63, 3.8) is 0 Å². The van der Waals surface area contributed by atoms with E-state index in [-0.39, 0.29) is 11.9 Å². The van der Waals surface area contributed by atoms with E-state index in [0.29, 0.717) is 29.6 Å². The molecule has 1 unspecified atom stereocenters. The van der Waals surface area contributed by atoms with Crippen LogP contribution in [0.4, 0.5) is 0 Å². The van der Waals surface area contributed by atoms with Crippen molar-refractivity contribution in [3.05, 3.63) is 24.0 Å². The summed E-state index contributed by atoms with van der Waals surface area (Å²) in [6.45, 7) is 0.300. The summed E-state index contributed by atoms with van der Waals surface area (Å²) in [5, 5.41) is 15.0. The number of amides is 1. The first kappa shape index (κ1) is 17.5. The van der Waals surface area contributed by atoms with Crippen molar-refractivity contribution in [1.29, 1.82) is 0 Å². The predicted octanol–water partition coefficient (Wildman–Crippen LogP) is 0.300. The number of thioether (sulfide) groups is 1. The number of aromatic nitrogens is 4. The van der Waals surface area contributed by atoms with Crippen molar-refractivity contribution in [1.82, 2.24) is 30.4 Å². The Kier molecular flexibility index (Phi) is 5.39. The average molecular weight is 364 g/mol. The van der Waals surface area contributed by atoms with E-state index in [1.165, 1.54) is 0 Å². The number of benzene rings is 1. The van der Waals surface area contributed by atoms with E-state index in [9.17, 15) is 4.79 Å². The zero-order chi connectivity index (χ0) is 17.8. The molecule has 1 aromatic heterocycles. The topological polar surface area (TPSA) is 94.4 Å². The smallest absolute Gasteiger partial charge is 0.240 e. The van der Waals surface area contributed by atoms with Crippen LogP contribution in [0, 0.1) is 0 Å². The predicted molar refractivity (Wildman–Crippen MR) is 93.0 cm³/mol. The summed E-state index contributed by atoms with van der Waals surface area (Å²) >= 11 is 1.71. The first-order valence-corrected chi connectivity index (χ1v) is 8.84. The van der Waals surface area contributed by atoms with Crippen LogP contribution in [0.3, 0.4) is 0 Å². The molecule has 1 fully saturated rings. The van der Waals surface area contributed by atoms with Crippen LogP contribution < -0.4 is 14.8 Å². The average Bonchev–Trinajstić information content (AvgIpc) is 3.32. The molecule has 1 aliphatic rings. The van der Waals surface area contributed by atoms with Crippen LogP contribution in [-0.4, -0.2) is 70.0 Å². The molecule has 9 nitrogen and oxygen atoms in total. The highest BCUT2D eigenvalue weighted by atomic mass is 32.2. The summed E-state index contributed by atoms with van der Waals surface area (Å²) in [5.41, 5.74) is 0.701. The maximum absolute atomic E-state index is 12.5. The summed E-state index contributed by atoms with van der Waals surface area (Å²) in [4.78, 5) is 14.1. The molecule has 3 rings (SSSR count). The molecular weight excluding hydrogens is 344 g/mol. The molecule has 0 radical (unpaired) electrons. The minimum atomic E-state index is -0.156. The van der Waals surface area contributed by atoms with E-state index in [0.717, 1.165) is 11.6 Å². The van der Waals surface area contributed by atoms with E-state index >= 15 is 0 Å². The van der Waals surface area contributed by atoms with Crippen LogP contribution >= 0.6 is 11.8 Å². The third-order valence-corrected chi connectivity index (χ3v) is 4.82. The Labute approximate surface area is 149 Å². The Morgan fingerprint density at radius 1 is 1.36 bits per heavy atom. The van der Waals surface area contributed by atoms with E-state index in [4.69, 9.17) is 9.47 Å². The number of nitrogens with one attached hydrogen (secondary N) is 1. The fourth-order valence-electron chi connectivity index (χ4n) is 2.53. The van der Waals surface area contributed by atoms with Gasteiger partial charge in [-0.3, -0.25) is 10.1 Å². The van der Waals surface area contributed by atoms with E-state index in [2.05, 4.69) is 20.8 Å². The zero-order valence-corrected chi connectivity index (χ0v) is 15.1. The summed E-state index contributed by atoms with van der Waals surface area (Å²) in [7, 11) is 4.91. The number of rotatable bonds is 6. The summed E-state index contributed by atoms with van der Waals surface area (Å²) < 4.78 is 12.1. The Morgan fingerprint density at radius 3 is 2.68 bits per heavy atom. The minimum Gasteiger partial charge on any atom is -0.497 e. The molecular formula is C15H20N6O3S. The van der Waals surface area contributed by atoms with Crippen molar-refractivity contribution in [2.75, 3.05) is 32.9 Å². The largest absolute Gasteiger partial charge is 0.497 e. The van der Waals surface area contributed by atoms with Crippen LogP contribution in [0.5, 0.6) is 11.5 Å². The minimum absolute atomic E-state index is 0.0303. The zero-order valence-electron chi connectivity index (χ0n) is 14.3. The van der Waals surface area contributed by atoms with Gasteiger partial charge in [-0.1, -0.05) is 0 Å². The van der Waals surface area contributed by atoms with Crippen molar-refractivity contribution in [2.24, 2.45) is 0 Å². The van der Waals surface area contributed by atoms with Gasteiger partial charge in [0.2, 0.25) is 5.91 Å². The summed E-state index contributed by atoms with van der Waals surface area (Å²) in [5.74, 6) is 3.42. The number of nitrogens with zero attached hydrogens (tertiary/aromatic N) is 5. The van der Waals surface area contributed by atoms with Gasteiger partial charge in [0.15, 0.2) is 5.82 Å². The van der Waals surface area contributed by atoms with Gasteiger partial charge in [0.05, 0.1) is 32.5 Å². The second kappa shape index (κ2) is 7.70. The van der Waals surface area contributed by atoms with E-state index in [1.54, 1.807) is 60.8 Å². The lowest BCUT2D eigenvalue weighted by atomic mass is 10.2. The molecule has 1 amide bonds. The fourth-order valence-corrected chi connectivity index (χ4v) is 3.46. The van der Waals surface area contributed by atoms with Gasteiger partial charge in [0.25, 0.3) is 0 Å². The molecule has 1 atom stereocenters. The molecule has 0 saturated carbocycles. The van der Waals surface area contributed by atoms with Gasteiger partial charge in [-0.15, -0.1) is 16.9 Å². The molecule has 1 saturated heterocycles. The summed E-state index contributed by atoms with van der Waals surface area (Å²) in [6.07, 6.45) is 0. The quantitative estimate of drug-likeness (QED) is 0.782. The Balaban J connectivity index is 1.82. The molecule has 0 spiro atoms. The van der Waals surface area contributed by atoms with Gasteiger partial charge < -0.3 is 14.4 Å². The number of ether oxygens (including phenoxy) is 2. The number of likely N-dealkylation sites (N-methyl/N-ethyl adjacent to an activating group) is 1. The maximum atomic E-state index is 12.5. The Hall–Kier alpha value is -2.33. The van der Waals surface area contributed by atoms with Crippen LogP contribution in [0.2, 0.25) is 0 Å². The van der Waals surface area contributed by atoms with Crippen LogP contribution in [0.25, 0.3) is 5.69 Å². The summed E-state index contributed by atoms with van der Waals surface area (Å²) in [6, 6.07) is 5.22. The monoisotopic (exact) mass is 364 g/mol. The Bertz CT molecular complexity index is 724. The normalized spacial score (nSPS) is 16.7. The molecule has 1 N–H and O–H groups in total. The lowest BCUT2D eigenvalue weighted by Crippen LogP contribution is -2.43. The molecule has 1 aromatic carbocycles. The molecule has 0 bridgehead atoms. The van der Waals surface area contributed by atoms with E-state index < -0.39 is 0 Å². The molecule has 1 aliphatic heterocycles. The van der Waals surface area contributed by atoms with Gasteiger partial charge in [-0.2, -0.15) is 4.68 Å². The van der Waals surface area contributed by atoms with Gasteiger partial charge >= 0.3 is 0 Å². The molecule has 2 aromatic rings. The second-order valence-electron chi connectivity index (χ2n) is 5.54. The highest BCUT2D eigenvalue weighted by molar-refractivity contribution is 7.99. The first-order chi connectivity index (χ1) is 12.1. The number of hydrogen-bond acceptors (Lipinski definition) is 8. The number of carbonyl (C=O) groups excluding carboxylic acids is 1. The second-order valence-corrected chi connectivity index (χ2v) is 6.57. The maximum Gasteiger partial charge on any atom is 0.240 e. The number of methoxy groups -OCH3 is 2. The highest BCUT2D eigenvalue weighted by Crippen LogP contribution is 2.25. The fraction of sp³-hybridized carbons (Fsp3) is 0.467. The van der Waals surface area contributed by atoms with Crippen molar-refractivity contribution >= 4 is 17.7 Å². The number of tetrazole rings is 1. The Morgan fingerprint density at radius 2 is 2.08 bits per heavy atom. The molecule has 25 heavy (non-hydrogen) atoms. The van der Waals surface area contributed by atoms with Gasteiger partial charge in [-0.05, 0) is 10.4 Å². The van der Waals surface area contributed by atoms with Crippen molar-refractivity contribution < 1.29 is 14.3 Å². The number of hydrogen-bond donors (Lipinski definition) is 1. The van der Waals surface area contributed by atoms with Crippen LogP contribution in [0.15, 0.2) is 18.2 Å².